The molecule has 10 nitrogen and oxygen atoms in total. The number of aromatic nitrogens is 6. The number of hydrogen-bond acceptors (Lipinski definition) is 6. The molecule has 0 aliphatic carbocycles. The van der Waals surface area contributed by atoms with Crippen LogP contribution in [0.3, 0.4) is 0 Å². The number of anilines is 1. The molecular formula is C36H31F3N8O2. The fourth-order valence-corrected chi connectivity index (χ4v) is 6.40. The minimum Gasteiger partial charge on any atom is -0.348 e. The van der Waals surface area contributed by atoms with E-state index in [1.807, 2.05) is 31.2 Å². The van der Waals surface area contributed by atoms with Crippen LogP contribution in [0.5, 0.6) is 0 Å². The molecule has 0 atom stereocenters. The van der Waals surface area contributed by atoms with Crippen LogP contribution >= 0.6 is 0 Å². The molecular weight excluding hydrogens is 633 g/mol. The van der Waals surface area contributed by atoms with Crippen LogP contribution in [0, 0.1) is 0 Å². The Bertz CT molecular complexity index is 2190. The van der Waals surface area contributed by atoms with Crippen LogP contribution < -0.4 is 10.2 Å². The van der Waals surface area contributed by atoms with Crippen molar-refractivity contribution < 1.29 is 22.8 Å². The summed E-state index contributed by atoms with van der Waals surface area (Å²) in [5.41, 5.74) is 3.89. The zero-order chi connectivity index (χ0) is 34.3. The third-order valence-electron chi connectivity index (χ3n) is 8.71. The van der Waals surface area contributed by atoms with Gasteiger partial charge < -0.3 is 14.8 Å². The van der Waals surface area contributed by atoms with E-state index in [0.29, 0.717) is 70.3 Å². The zero-order valence-corrected chi connectivity index (χ0v) is 26.7. The molecule has 0 fully saturated rings. The van der Waals surface area contributed by atoms with Gasteiger partial charge in [0.25, 0.3) is 11.8 Å². The molecule has 2 amide bonds. The van der Waals surface area contributed by atoms with Gasteiger partial charge in [-0.1, -0.05) is 6.92 Å². The van der Waals surface area contributed by atoms with Gasteiger partial charge in [-0.15, -0.1) is 0 Å². The molecule has 0 saturated heterocycles. The highest BCUT2D eigenvalue weighted by Crippen LogP contribution is 2.41. The molecule has 49 heavy (non-hydrogen) atoms. The molecule has 6 aromatic rings. The van der Waals surface area contributed by atoms with Crippen LogP contribution in [0.4, 0.5) is 18.9 Å². The molecule has 0 spiro atoms. The Morgan fingerprint density at radius 1 is 0.939 bits per heavy atom. The minimum absolute atomic E-state index is 0.0793. The number of halogens is 3. The molecule has 0 unspecified atom stereocenters. The Morgan fingerprint density at radius 2 is 1.73 bits per heavy atom. The summed E-state index contributed by atoms with van der Waals surface area (Å²) in [7, 11) is 1.44. The van der Waals surface area contributed by atoms with E-state index >= 15 is 0 Å². The third kappa shape index (κ3) is 6.15. The molecule has 1 N–H and O–H groups in total. The Labute approximate surface area is 279 Å². The first-order valence-corrected chi connectivity index (χ1v) is 15.7. The van der Waals surface area contributed by atoms with Crippen LogP contribution in [-0.4, -0.2) is 47.7 Å². The molecule has 7 rings (SSSR count). The van der Waals surface area contributed by atoms with Gasteiger partial charge >= 0.3 is 6.18 Å². The maximum Gasteiger partial charge on any atom is 0.435 e. The van der Waals surface area contributed by atoms with E-state index in [0.717, 1.165) is 15.8 Å². The van der Waals surface area contributed by atoms with Crippen molar-refractivity contribution >= 4 is 28.4 Å². The largest absolute Gasteiger partial charge is 0.435 e. The lowest BCUT2D eigenvalue weighted by Crippen LogP contribution is -2.38. The Morgan fingerprint density at radius 3 is 2.47 bits per heavy atom. The van der Waals surface area contributed by atoms with E-state index in [-0.39, 0.29) is 23.9 Å². The van der Waals surface area contributed by atoms with Gasteiger partial charge in [-0.2, -0.15) is 18.3 Å². The summed E-state index contributed by atoms with van der Waals surface area (Å²) < 4.78 is 45.5. The molecule has 0 saturated carbocycles. The van der Waals surface area contributed by atoms with Crippen LogP contribution in [0.15, 0.2) is 86.0 Å². The van der Waals surface area contributed by atoms with Crippen LogP contribution in [0.1, 0.15) is 55.6 Å². The summed E-state index contributed by atoms with van der Waals surface area (Å²) in [6, 6.07) is 12.6. The van der Waals surface area contributed by atoms with Crippen LogP contribution in [0.25, 0.3) is 22.0 Å². The number of carbonyl (C=O) groups is 2. The number of pyridine rings is 2. The van der Waals surface area contributed by atoms with Crippen LogP contribution in [-0.2, 0) is 39.2 Å². The summed E-state index contributed by atoms with van der Waals surface area (Å²) in [5.74, 6) is -0.659. The molecule has 248 valence electrons. The lowest BCUT2D eigenvalue weighted by Gasteiger charge is -2.31. The van der Waals surface area contributed by atoms with Crippen molar-refractivity contribution in [1.29, 1.82) is 0 Å². The van der Waals surface area contributed by atoms with Gasteiger partial charge in [0, 0.05) is 80.4 Å². The number of amides is 2. The van der Waals surface area contributed by atoms with Crippen molar-refractivity contribution in [2.75, 3.05) is 11.4 Å². The number of fused-ring (bicyclic) bond motifs is 2. The molecule has 1 aliphatic heterocycles. The van der Waals surface area contributed by atoms with Crippen molar-refractivity contribution in [2.24, 2.45) is 7.05 Å². The van der Waals surface area contributed by atoms with Gasteiger partial charge in [-0.05, 0) is 83.1 Å². The summed E-state index contributed by atoms with van der Waals surface area (Å²) in [4.78, 5) is 42.3. The summed E-state index contributed by atoms with van der Waals surface area (Å²) in [6.45, 7) is 2.79. The second-order valence-electron chi connectivity index (χ2n) is 11.9. The highest BCUT2D eigenvalue weighted by Gasteiger charge is 2.39. The number of imidazole rings is 1. The van der Waals surface area contributed by atoms with Gasteiger partial charge in [-0.3, -0.25) is 24.2 Å². The van der Waals surface area contributed by atoms with Crippen molar-refractivity contribution in [3.63, 3.8) is 0 Å². The molecule has 4 aromatic heterocycles. The van der Waals surface area contributed by atoms with Crippen LogP contribution in [0.2, 0.25) is 0 Å². The van der Waals surface area contributed by atoms with E-state index in [1.165, 1.54) is 13.2 Å². The number of nitrogens with one attached hydrogen (secondary N) is 1. The SMILES string of the molecule is CCc1cc(C(=O)NCc2ccncc2)c2nccc(N3CCc4c(cc(Cn5ccnc5)cc4-c4cn(C)nc4C(F)(F)F)C3=O)c2c1. The number of nitrogens with zero attached hydrogens (tertiary/aromatic N) is 7. The van der Waals surface area contributed by atoms with Gasteiger partial charge in [0.2, 0.25) is 0 Å². The average Bonchev–Trinajstić information content (AvgIpc) is 3.76. The number of rotatable bonds is 8. The summed E-state index contributed by atoms with van der Waals surface area (Å²) >= 11 is 0. The molecule has 5 heterocycles. The van der Waals surface area contributed by atoms with E-state index < -0.39 is 11.9 Å². The first-order valence-electron chi connectivity index (χ1n) is 15.7. The van der Waals surface area contributed by atoms with Gasteiger partial charge in [0.1, 0.15) is 0 Å². The maximum atomic E-state index is 14.5. The van der Waals surface area contributed by atoms with Crippen molar-refractivity contribution in [2.45, 2.75) is 39.0 Å². The van der Waals surface area contributed by atoms with Crippen molar-refractivity contribution in [1.82, 2.24) is 34.6 Å². The number of benzene rings is 2. The highest BCUT2D eigenvalue weighted by molar-refractivity contribution is 6.15. The number of alkyl halides is 3. The molecule has 2 aromatic carbocycles. The third-order valence-corrected chi connectivity index (χ3v) is 8.71. The molecule has 0 radical (unpaired) electrons. The lowest BCUT2D eigenvalue weighted by molar-refractivity contribution is -0.141. The first-order chi connectivity index (χ1) is 23.6. The fraction of sp³-hybridized carbons (Fsp3) is 0.222. The predicted molar refractivity (Wildman–Crippen MR) is 177 cm³/mol. The standard InChI is InChI=1S/C36H31F3N8O2/c1-3-22-14-28-31(6-10-42-32(28)29(15-22)34(48)43-18-23-4-8-40-9-5-23)47-12-7-25-26(30-20-45(2)44-33(30)36(37,38)39)16-24(17-27(25)35(47)49)19-46-13-11-41-21-46/h4-6,8-11,13-17,20-21H,3,7,12,18-19H2,1-2H3,(H,43,48). The summed E-state index contributed by atoms with van der Waals surface area (Å²) in [5, 5.41) is 7.33. The normalized spacial score (nSPS) is 13.2. The number of hydrogen-bond donors (Lipinski definition) is 1. The highest BCUT2D eigenvalue weighted by atomic mass is 19.4. The van der Waals surface area contributed by atoms with E-state index in [9.17, 15) is 22.8 Å². The topological polar surface area (TPSA) is 111 Å². The molecule has 1 aliphatic rings. The van der Waals surface area contributed by atoms with Gasteiger partial charge in [0.05, 0.1) is 23.1 Å². The molecule has 0 bridgehead atoms. The monoisotopic (exact) mass is 664 g/mol. The lowest BCUT2D eigenvalue weighted by atomic mass is 9.87. The Kier molecular flexibility index (Phi) is 8.18. The zero-order valence-electron chi connectivity index (χ0n) is 26.7. The van der Waals surface area contributed by atoms with Gasteiger partial charge in [-0.25, -0.2) is 4.98 Å². The number of aryl methyl sites for hydroxylation is 2. The number of carbonyl (C=O) groups excluding carboxylic acids is 2. The van der Waals surface area contributed by atoms with Crippen molar-refractivity contribution in [3.05, 3.63) is 125 Å². The maximum absolute atomic E-state index is 14.5. The second kappa shape index (κ2) is 12.6. The Balaban J connectivity index is 1.32. The first kappa shape index (κ1) is 31.7. The Hall–Kier alpha value is -5.85. The predicted octanol–water partition coefficient (Wildman–Crippen LogP) is 5.99. The minimum atomic E-state index is -4.69. The smallest absolute Gasteiger partial charge is 0.348 e. The quantitative estimate of drug-likeness (QED) is 0.214. The van der Waals surface area contributed by atoms with E-state index in [1.54, 1.807) is 65.0 Å². The fourth-order valence-electron chi connectivity index (χ4n) is 6.40. The summed E-state index contributed by atoms with van der Waals surface area (Å²) in [6.07, 6.45) is 7.44. The average molecular weight is 665 g/mol. The van der Waals surface area contributed by atoms with E-state index in [4.69, 9.17) is 0 Å². The molecule has 13 heteroatoms. The second-order valence-corrected chi connectivity index (χ2v) is 11.9. The van der Waals surface area contributed by atoms with E-state index in [2.05, 4.69) is 25.4 Å². The van der Waals surface area contributed by atoms with Crippen molar-refractivity contribution in [3.8, 4) is 11.1 Å². The van der Waals surface area contributed by atoms with Gasteiger partial charge in [0.15, 0.2) is 5.69 Å².